The van der Waals surface area contributed by atoms with Crippen molar-refractivity contribution in [2.24, 2.45) is 0 Å². The Hall–Kier alpha value is -1.51. The first-order chi connectivity index (χ1) is 7.02. The van der Waals surface area contributed by atoms with Gasteiger partial charge in [0.2, 0.25) is 0 Å². The zero-order chi connectivity index (χ0) is 11.4. The largest absolute Gasteiger partial charge is 0.480 e. The summed E-state index contributed by atoms with van der Waals surface area (Å²) in [4.78, 5) is 10.8. The summed E-state index contributed by atoms with van der Waals surface area (Å²) in [5, 5.41) is 11.9. The number of carboxylic acid groups (broad SMARTS) is 1. The number of hydrogen-bond acceptors (Lipinski definition) is 2. The van der Waals surface area contributed by atoms with Gasteiger partial charge in [-0.1, -0.05) is 13.0 Å². The fourth-order valence-corrected chi connectivity index (χ4v) is 1.60. The third-order valence-electron chi connectivity index (χ3n) is 2.27. The van der Waals surface area contributed by atoms with E-state index in [0.29, 0.717) is 6.42 Å². The van der Waals surface area contributed by atoms with Crippen LogP contribution < -0.4 is 5.32 Å². The van der Waals surface area contributed by atoms with Crippen LogP contribution in [0.3, 0.4) is 0 Å². The maximum absolute atomic E-state index is 10.8. The van der Waals surface area contributed by atoms with E-state index in [2.05, 4.69) is 11.4 Å². The summed E-state index contributed by atoms with van der Waals surface area (Å²) in [6, 6.07) is 5.47. The van der Waals surface area contributed by atoms with Crippen molar-refractivity contribution in [2.75, 3.05) is 5.32 Å². The number of rotatable bonds is 4. The van der Waals surface area contributed by atoms with E-state index in [-0.39, 0.29) is 0 Å². The Kier molecular flexibility index (Phi) is 3.72. The highest BCUT2D eigenvalue weighted by Gasteiger charge is 2.14. The fourth-order valence-electron chi connectivity index (χ4n) is 1.60. The maximum Gasteiger partial charge on any atom is 0.326 e. The normalized spacial score (nSPS) is 12.2. The Bertz CT molecular complexity index is 340. The molecule has 1 aromatic carbocycles. The first-order valence-electron chi connectivity index (χ1n) is 5.10. The lowest BCUT2D eigenvalue weighted by molar-refractivity contribution is -0.137. The molecule has 3 nitrogen and oxygen atoms in total. The van der Waals surface area contributed by atoms with E-state index in [9.17, 15) is 4.79 Å². The van der Waals surface area contributed by atoms with E-state index in [0.717, 1.165) is 16.8 Å². The zero-order valence-electron chi connectivity index (χ0n) is 9.37. The van der Waals surface area contributed by atoms with Crippen molar-refractivity contribution in [3.8, 4) is 0 Å². The zero-order valence-corrected chi connectivity index (χ0v) is 9.37. The van der Waals surface area contributed by atoms with Crippen molar-refractivity contribution in [3.63, 3.8) is 0 Å². The lowest BCUT2D eigenvalue weighted by Crippen LogP contribution is -2.28. The van der Waals surface area contributed by atoms with Crippen LogP contribution in [0.5, 0.6) is 0 Å². The quantitative estimate of drug-likeness (QED) is 0.797. The standard InChI is InChI=1S/C12H17NO2/c1-4-11(12(14)15)13-10-6-8(2)5-9(3)7-10/h5-7,11,13H,4H2,1-3H3,(H,14,15)/t11-/m0/s1. The number of aryl methyl sites for hydroxylation is 2. The van der Waals surface area contributed by atoms with E-state index < -0.39 is 12.0 Å². The summed E-state index contributed by atoms with van der Waals surface area (Å²) in [5.74, 6) is -0.809. The summed E-state index contributed by atoms with van der Waals surface area (Å²) in [6.45, 7) is 5.86. The molecule has 1 aromatic rings. The molecule has 0 spiro atoms. The van der Waals surface area contributed by atoms with Crippen LogP contribution in [0, 0.1) is 13.8 Å². The van der Waals surface area contributed by atoms with Crippen molar-refractivity contribution in [2.45, 2.75) is 33.2 Å². The van der Waals surface area contributed by atoms with Crippen LogP contribution in [0.2, 0.25) is 0 Å². The Morgan fingerprint density at radius 2 is 1.87 bits per heavy atom. The molecule has 1 rings (SSSR count). The van der Waals surface area contributed by atoms with Crippen molar-refractivity contribution in [1.29, 1.82) is 0 Å². The van der Waals surface area contributed by atoms with Crippen molar-refractivity contribution in [1.82, 2.24) is 0 Å². The van der Waals surface area contributed by atoms with Gasteiger partial charge in [0, 0.05) is 5.69 Å². The van der Waals surface area contributed by atoms with Gasteiger partial charge in [0.15, 0.2) is 0 Å². The van der Waals surface area contributed by atoms with Crippen LogP contribution in [0.15, 0.2) is 18.2 Å². The van der Waals surface area contributed by atoms with E-state index in [1.165, 1.54) is 0 Å². The molecule has 0 radical (unpaired) electrons. The van der Waals surface area contributed by atoms with Crippen LogP contribution in [-0.2, 0) is 4.79 Å². The summed E-state index contributed by atoms with van der Waals surface area (Å²) in [5.41, 5.74) is 3.15. The fraction of sp³-hybridized carbons (Fsp3) is 0.417. The summed E-state index contributed by atoms with van der Waals surface area (Å²) >= 11 is 0. The molecular weight excluding hydrogens is 190 g/mol. The smallest absolute Gasteiger partial charge is 0.326 e. The molecule has 2 N–H and O–H groups in total. The third-order valence-corrected chi connectivity index (χ3v) is 2.27. The van der Waals surface area contributed by atoms with Gasteiger partial charge in [0.05, 0.1) is 0 Å². The van der Waals surface area contributed by atoms with Crippen molar-refractivity contribution >= 4 is 11.7 Å². The topological polar surface area (TPSA) is 49.3 Å². The highest BCUT2D eigenvalue weighted by molar-refractivity contribution is 5.77. The Labute approximate surface area is 90.1 Å². The Morgan fingerprint density at radius 1 is 1.33 bits per heavy atom. The minimum Gasteiger partial charge on any atom is -0.480 e. The molecule has 0 bridgehead atoms. The van der Waals surface area contributed by atoms with E-state index in [4.69, 9.17) is 5.11 Å². The number of carbonyl (C=O) groups is 1. The molecule has 82 valence electrons. The first kappa shape index (κ1) is 11.6. The number of anilines is 1. The van der Waals surface area contributed by atoms with Crippen LogP contribution in [0.4, 0.5) is 5.69 Å². The van der Waals surface area contributed by atoms with Crippen LogP contribution in [-0.4, -0.2) is 17.1 Å². The minimum absolute atomic E-state index is 0.508. The summed E-state index contributed by atoms with van der Waals surface area (Å²) < 4.78 is 0. The van der Waals surface area contributed by atoms with E-state index in [1.807, 2.05) is 32.9 Å². The molecule has 0 aliphatic rings. The van der Waals surface area contributed by atoms with Crippen LogP contribution in [0.25, 0.3) is 0 Å². The second kappa shape index (κ2) is 4.82. The molecule has 0 saturated carbocycles. The number of benzene rings is 1. The Balaban J connectivity index is 2.83. The lowest BCUT2D eigenvalue weighted by Gasteiger charge is -2.14. The average Bonchev–Trinajstić information content (AvgIpc) is 2.12. The number of hydrogen-bond donors (Lipinski definition) is 2. The van der Waals surface area contributed by atoms with Gasteiger partial charge in [0.25, 0.3) is 0 Å². The molecule has 0 unspecified atom stereocenters. The van der Waals surface area contributed by atoms with Gasteiger partial charge in [-0.05, 0) is 43.5 Å². The van der Waals surface area contributed by atoms with Crippen molar-refractivity contribution < 1.29 is 9.90 Å². The lowest BCUT2D eigenvalue weighted by atomic mass is 10.1. The highest BCUT2D eigenvalue weighted by Crippen LogP contribution is 2.15. The molecule has 0 aliphatic carbocycles. The predicted molar refractivity (Wildman–Crippen MR) is 61.3 cm³/mol. The van der Waals surface area contributed by atoms with Crippen LogP contribution >= 0.6 is 0 Å². The molecule has 0 saturated heterocycles. The molecule has 0 aromatic heterocycles. The van der Waals surface area contributed by atoms with Gasteiger partial charge < -0.3 is 10.4 Å². The molecule has 0 aliphatic heterocycles. The van der Waals surface area contributed by atoms with Gasteiger partial charge in [-0.25, -0.2) is 4.79 Å². The SMILES string of the molecule is CC[C@H](Nc1cc(C)cc(C)c1)C(=O)O. The van der Waals surface area contributed by atoms with E-state index >= 15 is 0 Å². The van der Waals surface area contributed by atoms with Gasteiger partial charge in [-0.2, -0.15) is 0 Å². The first-order valence-corrected chi connectivity index (χ1v) is 5.10. The molecule has 15 heavy (non-hydrogen) atoms. The van der Waals surface area contributed by atoms with Gasteiger partial charge in [-0.15, -0.1) is 0 Å². The monoisotopic (exact) mass is 207 g/mol. The molecular formula is C12H17NO2. The summed E-state index contributed by atoms with van der Waals surface area (Å²) in [6.07, 6.45) is 0.572. The Morgan fingerprint density at radius 3 is 2.27 bits per heavy atom. The second-order valence-corrected chi connectivity index (χ2v) is 3.82. The van der Waals surface area contributed by atoms with Crippen molar-refractivity contribution in [3.05, 3.63) is 29.3 Å². The summed E-state index contributed by atoms with van der Waals surface area (Å²) in [7, 11) is 0. The van der Waals surface area contributed by atoms with Crippen LogP contribution in [0.1, 0.15) is 24.5 Å². The molecule has 1 atom stereocenters. The maximum atomic E-state index is 10.8. The van der Waals surface area contributed by atoms with Gasteiger partial charge in [0.1, 0.15) is 6.04 Å². The predicted octanol–water partition coefficient (Wildman–Crippen LogP) is 2.58. The molecule has 0 fully saturated rings. The highest BCUT2D eigenvalue weighted by atomic mass is 16.4. The molecule has 0 heterocycles. The number of carboxylic acids is 1. The molecule has 0 amide bonds. The second-order valence-electron chi connectivity index (χ2n) is 3.82. The average molecular weight is 207 g/mol. The van der Waals surface area contributed by atoms with Gasteiger partial charge in [-0.3, -0.25) is 0 Å². The van der Waals surface area contributed by atoms with E-state index in [1.54, 1.807) is 0 Å². The number of nitrogens with one attached hydrogen (secondary N) is 1. The molecule has 3 heteroatoms. The van der Waals surface area contributed by atoms with Gasteiger partial charge >= 0.3 is 5.97 Å². The minimum atomic E-state index is -0.809. The number of aliphatic carboxylic acids is 1. The third kappa shape index (κ3) is 3.27.